The number of para-hydroxylation sites is 2. The summed E-state index contributed by atoms with van der Waals surface area (Å²) >= 11 is 0. The minimum atomic E-state index is 1.10. The Hall–Kier alpha value is -8.20. The van der Waals surface area contributed by atoms with E-state index in [1.165, 1.54) is 71.3 Å². The number of anilines is 6. The van der Waals surface area contributed by atoms with Crippen LogP contribution in [0, 0.1) is 6.92 Å². The third-order valence-corrected chi connectivity index (χ3v) is 12.3. The molecule has 0 atom stereocenters. The highest BCUT2D eigenvalue weighted by molar-refractivity contribution is 6.23. The first-order chi connectivity index (χ1) is 31.2. The van der Waals surface area contributed by atoms with Gasteiger partial charge in [0.25, 0.3) is 0 Å². The van der Waals surface area contributed by atoms with Gasteiger partial charge in [0.15, 0.2) is 0 Å². The molecule has 0 aliphatic rings. The summed E-state index contributed by atoms with van der Waals surface area (Å²) in [5.74, 6) is 0. The van der Waals surface area contributed by atoms with Gasteiger partial charge in [-0.25, -0.2) is 0 Å². The number of hydrogen-bond acceptors (Lipinski definition) is 2. The van der Waals surface area contributed by atoms with Gasteiger partial charge in [-0.1, -0.05) is 164 Å². The summed E-state index contributed by atoms with van der Waals surface area (Å²) < 4.78 is 0. The number of aryl methyl sites for hydroxylation is 1. The highest BCUT2D eigenvalue weighted by Crippen LogP contribution is 2.44. The molecule has 0 aromatic heterocycles. The lowest BCUT2D eigenvalue weighted by Crippen LogP contribution is -2.09. The van der Waals surface area contributed by atoms with E-state index < -0.39 is 0 Å². The maximum absolute atomic E-state index is 2.42. The predicted molar refractivity (Wildman–Crippen MR) is 269 cm³/mol. The van der Waals surface area contributed by atoms with Gasteiger partial charge in [0.2, 0.25) is 0 Å². The predicted octanol–water partition coefficient (Wildman–Crippen LogP) is 17.4. The van der Waals surface area contributed by atoms with Crippen LogP contribution >= 0.6 is 0 Å². The van der Waals surface area contributed by atoms with E-state index >= 15 is 0 Å². The second-order valence-corrected chi connectivity index (χ2v) is 16.2. The van der Waals surface area contributed by atoms with Crippen molar-refractivity contribution in [2.45, 2.75) is 6.92 Å². The van der Waals surface area contributed by atoms with E-state index in [0.717, 1.165) is 34.1 Å². The smallest absolute Gasteiger partial charge is 0.0467 e. The van der Waals surface area contributed by atoms with Crippen molar-refractivity contribution in [3.63, 3.8) is 0 Å². The fourth-order valence-electron chi connectivity index (χ4n) is 9.28. The molecule has 0 fully saturated rings. The van der Waals surface area contributed by atoms with Crippen molar-refractivity contribution >= 4 is 66.4 Å². The van der Waals surface area contributed by atoms with Crippen LogP contribution in [0.1, 0.15) is 5.56 Å². The second-order valence-electron chi connectivity index (χ2n) is 16.2. The van der Waals surface area contributed by atoms with Crippen molar-refractivity contribution in [1.82, 2.24) is 0 Å². The molecule has 0 aliphatic carbocycles. The molecule has 0 amide bonds. The molecule has 0 saturated heterocycles. The fourth-order valence-corrected chi connectivity index (χ4v) is 9.28. The molecule has 0 bridgehead atoms. The van der Waals surface area contributed by atoms with Gasteiger partial charge >= 0.3 is 0 Å². The topological polar surface area (TPSA) is 6.48 Å². The Labute approximate surface area is 369 Å². The van der Waals surface area contributed by atoms with E-state index in [0.29, 0.717) is 0 Å². The lowest BCUT2D eigenvalue weighted by atomic mass is 9.87. The quantitative estimate of drug-likeness (QED) is 0.134. The summed E-state index contributed by atoms with van der Waals surface area (Å²) in [6.07, 6.45) is 0. The van der Waals surface area contributed by atoms with Crippen molar-refractivity contribution in [3.8, 4) is 33.4 Å². The second kappa shape index (κ2) is 16.3. The zero-order chi connectivity index (χ0) is 42.1. The first-order valence-corrected chi connectivity index (χ1v) is 21.7. The van der Waals surface area contributed by atoms with Crippen LogP contribution in [0.15, 0.2) is 249 Å². The number of nitrogens with zero attached hydrogens (tertiary/aromatic N) is 2. The van der Waals surface area contributed by atoms with Gasteiger partial charge in [-0.05, 0) is 163 Å². The lowest BCUT2D eigenvalue weighted by molar-refractivity contribution is 1.27. The maximum atomic E-state index is 2.42. The lowest BCUT2D eigenvalue weighted by Gasteiger charge is -2.26. The Morgan fingerprint density at radius 3 is 1.06 bits per heavy atom. The van der Waals surface area contributed by atoms with Crippen LogP contribution in [0.25, 0.3) is 65.7 Å². The van der Waals surface area contributed by atoms with Crippen molar-refractivity contribution in [3.05, 3.63) is 254 Å². The number of fused-ring (bicyclic) bond motifs is 5. The van der Waals surface area contributed by atoms with Crippen molar-refractivity contribution in [1.29, 1.82) is 0 Å². The molecule has 11 aromatic rings. The third-order valence-electron chi connectivity index (χ3n) is 12.3. The maximum Gasteiger partial charge on any atom is 0.0467 e. The van der Waals surface area contributed by atoms with Gasteiger partial charge in [-0.2, -0.15) is 0 Å². The van der Waals surface area contributed by atoms with E-state index in [9.17, 15) is 0 Å². The average molecular weight is 805 g/mol. The molecule has 0 radical (unpaired) electrons. The third kappa shape index (κ3) is 7.18. The largest absolute Gasteiger partial charge is 0.310 e. The normalized spacial score (nSPS) is 11.3. The van der Waals surface area contributed by atoms with E-state index in [4.69, 9.17) is 0 Å². The standard InChI is InChI=1S/C61H44N2/c1-43-17-15-25-52(39-43)62(48-21-7-3-8-22-48)50-35-31-45(32-36-50)58-41-60-57-30-14-12-28-55(57)59(42-61(60)56-29-13-11-27-54(56)58)46-33-37-51(38-34-46)63(49-23-9-4-10-24-49)53-26-16-20-47(40-53)44-18-5-2-6-19-44/h2-42H,1H3. The van der Waals surface area contributed by atoms with Gasteiger partial charge < -0.3 is 9.80 Å². The molecule has 2 heteroatoms. The van der Waals surface area contributed by atoms with Crippen LogP contribution in [0.4, 0.5) is 34.1 Å². The van der Waals surface area contributed by atoms with Crippen LogP contribution < -0.4 is 9.80 Å². The summed E-state index contributed by atoms with van der Waals surface area (Å²) in [6.45, 7) is 2.15. The molecule has 63 heavy (non-hydrogen) atoms. The molecule has 0 aliphatic heterocycles. The minimum absolute atomic E-state index is 1.10. The van der Waals surface area contributed by atoms with E-state index in [2.05, 4.69) is 265 Å². The number of hydrogen-bond donors (Lipinski definition) is 0. The highest BCUT2D eigenvalue weighted by atomic mass is 15.1. The monoisotopic (exact) mass is 804 g/mol. The van der Waals surface area contributed by atoms with Crippen LogP contribution in [0.5, 0.6) is 0 Å². The fraction of sp³-hybridized carbons (Fsp3) is 0.0164. The Kier molecular flexibility index (Phi) is 9.80. The van der Waals surface area contributed by atoms with Crippen LogP contribution in [-0.4, -0.2) is 0 Å². The SMILES string of the molecule is Cc1cccc(N(c2ccccc2)c2ccc(-c3cc4c5ccccc5c(-c5ccc(N(c6ccccc6)c6cccc(-c7ccccc7)c6)cc5)cc4c4ccccc34)cc2)c1. The summed E-state index contributed by atoms with van der Waals surface area (Å²) in [5.41, 5.74) is 15.2. The van der Waals surface area contributed by atoms with E-state index in [1.807, 2.05) is 0 Å². The summed E-state index contributed by atoms with van der Waals surface area (Å²) in [7, 11) is 0. The highest BCUT2D eigenvalue weighted by Gasteiger charge is 2.18. The molecule has 0 unspecified atom stereocenters. The van der Waals surface area contributed by atoms with Gasteiger partial charge in [0, 0.05) is 34.1 Å². The van der Waals surface area contributed by atoms with Gasteiger partial charge in [0.1, 0.15) is 0 Å². The molecule has 0 heterocycles. The van der Waals surface area contributed by atoms with Gasteiger partial charge in [-0.15, -0.1) is 0 Å². The molecule has 11 aromatic carbocycles. The Morgan fingerprint density at radius 2 is 0.587 bits per heavy atom. The number of rotatable bonds is 9. The van der Waals surface area contributed by atoms with E-state index in [-0.39, 0.29) is 0 Å². The van der Waals surface area contributed by atoms with Crippen LogP contribution in [0.3, 0.4) is 0 Å². The molecule has 298 valence electrons. The molecule has 0 spiro atoms. The summed E-state index contributed by atoms with van der Waals surface area (Å²) in [4.78, 5) is 4.68. The Morgan fingerprint density at radius 1 is 0.222 bits per heavy atom. The van der Waals surface area contributed by atoms with Crippen LogP contribution in [-0.2, 0) is 0 Å². The first kappa shape index (κ1) is 37.8. The average Bonchev–Trinajstić information content (AvgIpc) is 3.35. The molecule has 2 nitrogen and oxygen atoms in total. The first-order valence-electron chi connectivity index (χ1n) is 21.7. The molecular formula is C61H44N2. The minimum Gasteiger partial charge on any atom is -0.310 e. The summed E-state index contributed by atoms with van der Waals surface area (Å²) in [6, 6.07) is 90.2. The van der Waals surface area contributed by atoms with Crippen molar-refractivity contribution in [2.75, 3.05) is 9.80 Å². The number of benzene rings is 11. The van der Waals surface area contributed by atoms with Gasteiger partial charge in [0.05, 0.1) is 0 Å². The van der Waals surface area contributed by atoms with E-state index in [1.54, 1.807) is 0 Å². The molecule has 11 rings (SSSR count). The van der Waals surface area contributed by atoms with Crippen LogP contribution in [0.2, 0.25) is 0 Å². The Bertz CT molecular complexity index is 3380. The summed E-state index contributed by atoms with van der Waals surface area (Å²) in [5, 5.41) is 7.48. The van der Waals surface area contributed by atoms with Crippen molar-refractivity contribution < 1.29 is 0 Å². The van der Waals surface area contributed by atoms with Crippen molar-refractivity contribution in [2.24, 2.45) is 0 Å². The molecule has 0 saturated carbocycles. The molecule has 0 N–H and O–H groups in total. The zero-order valence-corrected chi connectivity index (χ0v) is 35.1. The zero-order valence-electron chi connectivity index (χ0n) is 35.1. The Balaban J connectivity index is 1.01. The molecular weight excluding hydrogens is 761 g/mol. The van der Waals surface area contributed by atoms with Gasteiger partial charge in [-0.3, -0.25) is 0 Å².